The summed E-state index contributed by atoms with van der Waals surface area (Å²) in [5.74, 6) is 2.66. The van der Waals surface area contributed by atoms with E-state index in [1.54, 1.807) is 11.8 Å². The second-order valence-electron chi connectivity index (χ2n) is 2.45. The molecule has 0 fully saturated rings. The van der Waals surface area contributed by atoms with Crippen LogP contribution in [0.3, 0.4) is 0 Å². The number of hydrogen-bond acceptors (Lipinski definition) is 3. The van der Waals surface area contributed by atoms with E-state index >= 15 is 0 Å². The molecule has 0 atom stereocenters. The summed E-state index contributed by atoms with van der Waals surface area (Å²) in [4.78, 5) is 4.17. The number of thioether (sulfide) groups is 1. The van der Waals surface area contributed by atoms with E-state index < -0.39 is 0 Å². The topological polar surface area (TPSA) is 41.6 Å². The quantitative estimate of drug-likeness (QED) is 0.455. The van der Waals surface area contributed by atoms with E-state index in [0.29, 0.717) is 0 Å². The Hall–Kier alpha value is -0.220. The van der Waals surface area contributed by atoms with E-state index in [2.05, 4.69) is 15.2 Å². The highest BCUT2D eigenvalue weighted by molar-refractivity contribution is 7.99. The average Bonchev–Trinajstić information content (AvgIpc) is 2.45. The lowest BCUT2D eigenvalue weighted by atomic mass is 10.4. The van der Waals surface area contributed by atoms with Crippen molar-refractivity contribution in [2.24, 2.45) is 0 Å². The molecule has 1 aromatic rings. The van der Waals surface area contributed by atoms with E-state index in [4.69, 9.17) is 11.6 Å². The number of unbranched alkanes of at least 4 members (excludes halogenated alkanes) is 1. The number of aromatic amines is 1. The fourth-order valence-corrected chi connectivity index (χ4v) is 1.78. The van der Waals surface area contributed by atoms with E-state index in [1.807, 2.05) is 6.92 Å². The zero-order valence-corrected chi connectivity index (χ0v) is 8.58. The standard InChI is InChI=1S/C7H12ClN3S/c1-6-9-7(11-10-6)12-5-3-2-4-8/h2-5H2,1H3,(H,9,10,11). The lowest BCUT2D eigenvalue weighted by Crippen LogP contribution is -1.83. The molecule has 3 nitrogen and oxygen atoms in total. The Morgan fingerprint density at radius 3 is 2.92 bits per heavy atom. The van der Waals surface area contributed by atoms with Crippen molar-refractivity contribution in [2.75, 3.05) is 11.6 Å². The van der Waals surface area contributed by atoms with Crippen molar-refractivity contribution in [1.29, 1.82) is 0 Å². The van der Waals surface area contributed by atoms with Crippen LogP contribution >= 0.6 is 23.4 Å². The molecule has 0 spiro atoms. The number of nitrogens with zero attached hydrogens (tertiary/aromatic N) is 2. The zero-order chi connectivity index (χ0) is 8.81. The fraction of sp³-hybridized carbons (Fsp3) is 0.714. The molecule has 1 rings (SSSR count). The number of rotatable bonds is 5. The van der Waals surface area contributed by atoms with Gasteiger partial charge < -0.3 is 0 Å². The highest BCUT2D eigenvalue weighted by atomic mass is 35.5. The molecule has 0 bridgehead atoms. The van der Waals surface area contributed by atoms with Crippen molar-refractivity contribution < 1.29 is 0 Å². The molecule has 0 radical (unpaired) electrons. The van der Waals surface area contributed by atoms with Gasteiger partial charge in [0.2, 0.25) is 5.16 Å². The molecule has 0 saturated carbocycles. The van der Waals surface area contributed by atoms with E-state index in [0.717, 1.165) is 35.5 Å². The van der Waals surface area contributed by atoms with Gasteiger partial charge in [-0.2, -0.15) is 0 Å². The molecule has 12 heavy (non-hydrogen) atoms. The molecule has 0 aliphatic rings. The predicted molar refractivity (Wildman–Crippen MR) is 51.8 cm³/mol. The maximum absolute atomic E-state index is 5.54. The number of alkyl halides is 1. The Morgan fingerprint density at radius 1 is 1.50 bits per heavy atom. The summed E-state index contributed by atoms with van der Waals surface area (Å²) < 4.78 is 0. The van der Waals surface area contributed by atoms with Gasteiger partial charge in [0.25, 0.3) is 0 Å². The van der Waals surface area contributed by atoms with Gasteiger partial charge in [-0.05, 0) is 19.8 Å². The summed E-state index contributed by atoms with van der Waals surface area (Å²) in [6.07, 6.45) is 2.19. The molecule has 1 N–H and O–H groups in total. The molecule has 0 unspecified atom stereocenters. The molecular weight excluding hydrogens is 194 g/mol. The van der Waals surface area contributed by atoms with Crippen LogP contribution in [-0.2, 0) is 0 Å². The minimum absolute atomic E-state index is 0.744. The van der Waals surface area contributed by atoms with Crippen molar-refractivity contribution in [1.82, 2.24) is 15.2 Å². The third-order valence-corrected chi connectivity index (χ3v) is 2.54. The van der Waals surface area contributed by atoms with E-state index in [9.17, 15) is 0 Å². The minimum Gasteiger partial charge on any atom is -0.262 e. The Kier molecular flexibility index (Phi) is 4.46. The first-order valence-electron chi connectivity index (χ1n) is 3.90. The zero-order valence-electron chi connectivity index (χ0n) is 7.01. The van der Waals surface area contributed by atoms with Crippen LogP contribution in [0.2, 0.25) is 0 Å². The second kappa shape index (κ2) is 5.43. The van der Waals surface area contributed by atoms with Crippen LogP contribution in [-0.4, -0.2) is 26.8 Å². The first-order valence-corrected chi connectivity index (χ1v) is 5.42. The summed E-state index contributed by atoms with van der Waals surface area (Å²) >= 11 is 7.21. The predicted octanol–water partition coefficient (Wildman–Crippen LogP) is 2.22. The van der Waals surface area contributed by atoms with Crippen molar-refractivity contribution >= 4 is 23.4 Å². The summed E-state index contributed by atoms with van der Waals surface area (Å²) in [5.41, 5.74) is 0. The van der Waals surface area contributed by atoms with Gasteiger partial charge in [0.05, 0.1) is 0 Å². The highest BCUT2D eigenvalue weighted by Gasteiger charge is 1.98. The van der Waals surface area contributed by atoms with Crippen LogP contribution in [0.15, 0.2) is 5.16 Å². The smallest absolute Gasteiger partial charge is 0.208 e. The molecule has 0 saturated heterocycles. The van der Waals surface area contributed by atoms with Crippen LogP contribution in [0.4, 0.5) is 0 Å². The number of H-pyrrole nitrogens is 1. The maximum Gasteiger partial charge on any atom is 0.208 e. The van der Waals surface area contributed by atoms with Crippen LogP contribution in [0.5, 0.6) is 0 Å². The van der Waals surface area contributed by atoms with E-state index in [-0.39, 0.29) is 0 Å². The minimum atomic E-state index is 0.744. The maximum atomic E-state index is 5.54. The fourth-order valence-electron chi connectivity index (χ4n) is 0.747. The number of halogens is 1. The van der Waals surface area contributed by atoms with Gasteiger partial charge in [-0.1, -0.05) is 11.8 Å². The lowest BCUT2D eigenvalue weighted by Gasteiger charge is -1.93. The second-order valence-corrected chi connectivity index (χ2v) is 3.89. The third-order valence-electron chi connectivity index (χ3n) is 1.34. The van der Waals surface area contributed by atoms with Crippen LogP contribution < -0.4 is 0 Å². The molecular formula is C7H12ClN3S. The molecule has 0 aliphatic carbocycles. The monoisotopic (exact) mass is 205 g/mol. The summed E-state index contributed by atoms with van der Waals surface area (Å²) in [7, 11) is 0. The van der Waals surface area contributed by atoms with Crippen molar-refractivity contribution in [3.8, 4) is 0 Å². The van der Waals surface area contributed by atoms with Crippen molar-refractivity contribution in [3.63, 3.8) is 0 Å². The molecule has 1 aromatic heterocycles. The van der Waals surface area contributed by atoms with Crippen molar-refractivity contribution in [3.05, 3.63) is 5.82 Å². The Bertz CT molecular complexity index is 226. The molecule has 0 aliphatic heterocycles. The first kappa shape index (κ1) is 9.86. The van der Waals surface area contributed by atoms with Crippen LogP contribution in [0, 0.1) is 6.92 Å². The summed E-state index contributed by atoms with van der Waals surface area (Å²) in [5, 5.41) is 7.64. The van der Waals surface area contributed by atoms with Crippen LogP contribution in [0.25, 0.3) is 0 Å². The van der Waals surface area contributed by atoms with Gasteiger partial charge in [0, 0.05) is 11.6 Å². The van der Waals surface area contributed by atoms with E-state index in [1.165, 1.54) is 0 Å². The number of aryl methyl sites for hydroxylation is 1. The largest absolute Gasteiger partial charge is 0.262 e. The van der Waals surface area contributed by atoms with Crippen molar-refractivity contribution in [2.45, 2.75) is 24.9 Å². The highest BCUT2D eigenvalue weighted by Crippen LogP contribution is 2.13. The molecule has 68 valence electrons. The molecule has 1 heterocycles. The molecule has 0 aromatic carbocycles. The molecule has 0 amide bonds. The first-order chi connectivity index (χ1) is 5.83. The van der Waals surface area contributed by atoms with Gasteiger partial charge in [-0.15, -0.1) is 16.7 Å². The number of aromatic nitrogens is 3. The van der Waals surface area contributed by atoms with Gasteiger partial charge in [0.1, 0.15) is 5.82 Å². The SMILES string of the molecule is Cc1nc(SCCCCCl)n[nH]1. The Labute approximate surface area is 81.3 Å². The normalized spacial score (nSPS) is 10.5. The van der Waals surface area contributed by atoms with Gasteiger partial charge in [-0.3, -0.25) is 5.10 Å². The number of nitrogens with one attached hydrogen (secondary N) is 1. The van der Waals surface area contributed by atoms with Gasteiger partial charge in [0.15, 0.2) is 0 Å². The number of hydrogen-bond donors (Lipinski definition) is 1. The van der Waals surface area contributed by atoms with Gasteiger partial charge in [-0.25, -0.2) is 4.98 Å². The Morgan fingerprint density at radius 2 is 2.33 bits per heavy atom. The average molecular weight is 206 g/mol. The Balaban J connectivity index is 2.15. The summed E-state index contributed by atoms with van der Waals surface area (Å²) in [6.45, 7) is 1.90. The van der Waals surface area contributed by atoms with Gasteiger partial charge >= 0.3 is 0 Å². The van der Waals surface area contributed by atoms with Crippen LogP contribution in [0.1, 0.15) is 18.7 Å². The third kappa shape index (κ3) is 3.45. The summed E-state index contributed by atoms with van der Waals surface area (Å²) in [6, 6.07) is 0. The molecule has 5 heteroatoms. The lowest BCUT2D eigenvalue weighted by molar-refractivity contribution is 0.895.